The highest BCUT2D eigenvalue weighted by Gasteiger charge is 2.37. The van der Waals surface area contributed by atoms with Crippen LogP contribution in [0.5, 0.6) is 0 Å². The summed E-state index contributed by atoms with van der Waals surface area (Å²) < 4.78 is 62.9. The minimum atomic E-state index is -4.04. The molecule has 1 fully saturated rings. The summed E-state index contributed by atoms with van der Waals surface area (Å²) >= 11 is 6.06. The van der Waals surface area contributed by atoms with Gasteiger partial charge in [0, 0.05) is 35.4 Å². The Labute approximate surface area is 232 Å². The van der Waals surface area contributed by atoms with E-state index >= 15 is 0 Å². The summed E-state index contributed by atoms with van der Waals surface area (Å²) in [5.41, 5.74) is 1.50. The van der Waals surface area contributed by atoms with Crippen LogP contribution in [0.3, 0.4) is 0 Å². The van der Waals surface area contributed by atoms with Gasteiger partial charge in [-0.05, 0) is 78.1 Å². The van der Waals surface area contributed by atoms with Crippen molar-refractivity contribution in [3.8, 4) is 0 Å². The summed E-state index contributed by atoms with van der Waals surface area (Å²) in [6.07, 6.45) is -0.0343. The van der Waals surface area contributed by atoms with Gasteiger partial charge in [0.25, 0.3) is 10.0 Å². The summed E-state index contributed by atoms with van der Waals surface area (Å²) in [5, 5.41) is 3.36. The van der Waals surface area contributed by atoms with Crippen molar-refractivity contribution in [2.75, 3.05) is 5.32 Å². The molecule has 0 spiro atoms. The van der Waals surface area contributed by atoms with Gasteiger partial charge in [-0.1, -0.05) is 17.7 Å². The molecule has 39 heavy (non-hydrogen) atoms. The molecule has 0 aliphatic heterocycles. The van der Waals surface area contributed by atoms with Crippen LogP contribution in [0.4, 0.5) is 14.5 Å². The van der Waals surface area contributed by atoms with Gasteiger partial charge in [0.15, 0.2) is 10.5 Å². The average Bonchev–Trinajstić information content (AvgIpc) is 2.81. The first-order valence-corrected chi connectivity index (χ1v) is 14.8. The first-order valence-electron chi connectivity index (χ1n) is 12.9. The SMILES string of the molecule is Cc1cc([C@@H](C)Nc2ccc(Cl)nc2S(=O)(=O)NC(C)(C)C)c2oc(C3CCC(F)(F)CC3)c(C)c(=O)c2c1. The highest BCUT2D eigenvalue weighted by Crippen LogP contribution is 2.42. The topological polar surface area (TPSA) is 101 Å². The van der Waals surface area contributed by atoms with Gasteiger partial charge in [-0.2, -0.15) is 0 Å². The normalized spacial score (nSPS) is 17.4. The molecule has 1 atom stereocenters. The second kappa shape index (κ2) is 10.4. The molecule has 2 aromatic heterocycles. The van der Waals surface area contributed by atoms with Crippen molar-refractivity contribution in [3.63, 3.8) is 0 Å². The molecule has 11 heteroatoms. The van der Waals surface area contributed by atoms with E-state index in [1.807, 2.05) is 19.9 Å². The number of nitrogens with one attached hydrogen (secondary N) is 2. The third-order valence-electron chi connectivity index (χ3n) is 6.88. The maximum Gasteiger partial charge on any atom is 0.260 e. The maximum atomic E-state index is 13.8. The maximum absolute atomic E-state index is 13.8. The second-order valence-electron chi connectivity index (χ2n) is 11.5. The molecule has 2 N–H and O–H groups in total. The molecule has 0 unspecified atom stereocenters. The fourth-order valence-corrected chi connectivity index (χ4v) is 6.83. The molecule has 2 heterocycles. The van der Waals surface area contributed by atoms with Crippen LogP contribution in [-0.4, -0.2) is 24.9 Å². The van der Waals surface area contributed by atoms with Gasteiger partial charge in [-0.15, -0.1) is 0 Å². The summed E-state index contributed by atoms with van der Waals surface area (Å²) in [4.78, 5) is 17.5. The average molecular weight is 582 g/mol. The molecule has 0 bridgehead atoms. The van der Waals surface area contributed by atoms with E-state index in [-0.39, 0.29) is 52.9 Å². The smallest absolute Gasteiger partial charge is 0.260 e. The van der Waals surface area contributed by atoms with Crippen LogP contribution in [0.2, 0.25) is 5.15 Å². The minimum Gasteiger partial charge on any atom is -0.460 e. The van der Waals surface area contributed by atoms with Gasteiger partial charge in [-0.3, -0.25) is 4.79 Å². The van der Waals surface area contributed by atoms with Crippen molar-refractivity contribution < 1.29 is 21.6 Å². The number of halogens is 3. The fourth-order valence-electron chi connectivity index (χ4n) is 5.09. The summed E-state index contributed by atoms with van der Waals surface area (Å²) in [5.74, 6) is -2.54. The number of rotatable bonds is 6. The molecule has 1 saturated carbocycles. The number of aromatic nitrogens is 1. The molecule has 7 nitrogen and oxygen atoms in total. The molecule has 0 amide bonds. The van der Waals surface area contributed by atoms with Crippen molar-refractivity contribution in [3.05, 3.63) is 62.1 Å². The largest absolute Gasteiger partial charge is 0.460 e. The fraction of sp³-hybridized carbons (Fsp3) is 0.500. The molecular weight excluding hydrogens is 548 g/mol. The van der Waals surface area contributed by atoms with E-state index in [1.54, 1.807) is 33.8 Å². The molecular formula is C28H34ClF2N3O4S. The molecule has 3 aromatic rings. The van der Waals surface area contributed by atoms with E-state index in [0.29, 0.717) is 27.9 Å². The van der Waals surface area contributed by atoms with Gasteiger partial charge in [0.05, 0.1) is 17.1 Å². The van der Waals surface area contributed by atoms with Crippen molar-refractivity contribution in [2.45, 2.75) is 95.7 Å². The lowest BCUT2D eigenvalue weighted by atomic mass is 9.83. The van der Waals surface area contributed by atoms with Gasteiger partial charge < -0.3 is 9.73 Å². The molecule has 1 aromatic carbocycles. The van der Waals surface area contributed by atoms with Crippen molar-refractivity contribution >= 4 is 38.3 Å². The molecule has 1 aliphatic carbocycles. The van der Waals surface area contributed by atoms with E-state index in [1.165, 1.54) is 12.1 Å². The predicted octanol–water partition coefficient (Wildman–Crippen LogP) is 7.00. The number of nitrogens with zero attached hydrogens (tertiary/aromatic N) is 1. The molecule has 0 saturated heterocycles. The Morgan fingerprint density at radius 2 is 1.79 bits per heavy atom. The second-order valence-corrected chi connectivity index (χ2v) is 13.5. The number of anilines is 1. The number of alkyl halides is 2. The third kappa shape index (κ3) is 6.44. The summed E-state index contributed by atoms with van der Waals surface area (Å²) in [6, 6.07) is 6.11. The molecule has 1 aliphatic rings. The zero-order valence-corrected chi connectivity index (χ0v) is 24.5. The Bertz CT molecular complexity index is 1570. The number of sulfonamides is 1. The van der Waals surface area contributed by atoms with Gasteiger partial charge in [0.1, 0.15) is 16.5 Å². The number of benzene rings is 1. The number of aryl methyl sites for hydroxylation is 1. The first-order chi connectivity index (χ1) is 18.0. The van der Waals surface area contributed by atoms with Crippen LogP contribution in [0.15, 0.2) is 38.5 Å². The lowest BCUT2D eigenvalue weighted by molar-refractivity contribution is -0.0395. The standard InChI is InChI=1S/C28H34ClF2N3O4S/c1-15-13-19(17(3)32-21-7-8-22(29)33-26(21)39(36,37)34-27(4,5)6)25-20(14-15)23(35)16(2)24(38-25)18-9-11-28(30,31)12-10-18/h7-8,13-14,17-18,32,34H,9-12H2,1-6H3/t17-/m1/s1. The lowest BCUT2D eigenvalue weighted by Crippen LogP contribution is -2.41. The Balaban J connectivity index is 1.79. The Morgan fingerprint density at radius 3 is 2.41 bits per heavy atom. The molecule has 4 rings (SSSR count). The Kier molecular flexibility index (Phi) is 7.88. The highest BCUT2D eigenvalue weighted by molar-refractivity contribution is 7.89. The van der Waals surface area contributed by atoms with Crippen LogP contribution in [-0.2, 0) is 10.0 Å². The molecule has 0 radical (unpaired) electrons. The van der Waals surface area contributed by atoms with Crippen molar-refractivity contribution in [1.82, 2.24) is 9.71 Å². The number of pyridine rings is 1. The zero-order chi connectivity index (χ0) is 28.9. The summed E-state index contributed by atoms with van der Waals surface area (Å²) in [7, 11) is -4.04. The first kappa shape index (κ1) is 29.4. The number of fused-ring (bicyclic) bond motifs is 1. The van der Waals surface area contributed by atoms with Crippen molar-refractivity contribution in [1.29, 1.82) is 0 Å². The van der Waals surface area contributed by atoms with E-state index < -0.39 is 27.5 Å². The van der Waals surface area contributed by atoms with Crippen LogP contribution < -0.4 is 15.5 Å². The van der Waals surface area contributed by atoms with Gasteiger partial charge >= 0.3 is 0 Å². The predicted molar refractivity (Wildman–Crippen MR) is 149 cm³/mol. The van der Waals surface area contributed by atoms with Gasteiger partial charge in [0.2, 0.25) is 5.92 Å². The van der Waals surface area contributed by atoms with Crippen molar-refractivity contribution in [2.24, 2.45) is 0 Å². The number of hydrogen-bond acceptors (Lipinski definition) is 6. The monoisotopic (exact) mass is 581 g/mol. The van der Waals surface area contributed by atoms with E-state index in [2.05, 4.69) is 15.0 Å². The number of hydrogen-bond donors (Lipinski definition) is 2. The Morgan fingerprint density at radius 1 is 1.15 bits per heavy atom. The highest BCUT2D eigenvalue weighted by atomic mass is 35.5. The van der Waals surface area contributed by atoms with E-state index in [9.17, 15) is 22.0 Å². The van der Waals surface area contributed by atoms with Gasteiger partial charge in [-0.25, -0.2) is 26.9 Å². The van der Waals surface area contributed by atoms with Crippen LogP contribution in [0, 0.1) is 13.8 Å². The van der Waals surface area contributed by atoms with Crippen LogP contribution in [0.25, 0.3) is 11.0 Å². The van der Waals surface area contributed by atoms with Crippen LogP contribution >= 0.6 is 11.6 Å². The third-order valence-corrected chi connectivity index (χ3v) is 8.79. The lowest BCUT2D eigenvalue weighted by Gasteiger charge is -2.28. The van der Waals surface area contributed by atoms with E-state index in [0.717, 1.165) is 5.56 Å². The van der Waals surface area contributed by atoms with E-state index in [4.69, 9.17) is 16.0 Å². The minimum absolute atomic E-state index is 0.0210. The quantitative estimate of drug-likeness (QED) is 0.304. The Hall–Kier alpha value is -2.56. The summed E-state index contributed by atoms with van der Waals surface area (Å²) in [6.45, 7) is 10.5. The molecule has 212 valence electrons. The zero-order valence-electron chi connectivity index (χ0n) is 22.9. The van der Waals surface area contributed by atoms with Crippen LogP contribution in [0.1, 0.15) is 87.8 Å².